The van der Waals surface area contributed by atoms with Gasteiger partial charge in [0.15, 0.2) is 0 Å². The fourth-order valence-electron chi connectivity index (χ4n) is 1.14. The number of thiol groups is 1. The molecule has 0 aliphatic heterocycles. The normalized spacial score (nSPS) is 10.5. The molecule has 60 valence electrons. The average Bonchev–Trinajstić information content (AvgIpc) is 2.07. The predicted molar refractivity (Wildman–Crippen MR) is 54.0 cm³/mol. The van der Waals surface area contributed by atoms with Crippen molar-refractivity contribution in [3.63, 3.8) is 0 Å². The van der Waals surface area contributed by atoms with E-state index < -0.39 is 0 Å². The van der Waals surface area contributed by atoms with Gasteiger partial charge < -0.3 is 0 Å². The van der Waals surface area contributed by atoms with E-state index in [0.29, 0.717) is 0 Å². The standard InChI is InChI=1S/C9H6ClNS/c10-8-3-1-2-6-7(8)4-11-5-9(6)12/h1-5,12H. The van der Waals surface area contributed by atoms with Gasteiger partial charge in [0, 0.05) is 27.7 Å². The van der Waals surface area contributed by atoms with Crippen LogP contribution in [0.1, 0.15) is 0 Å². The molecule has 0 amide bonds. The highest BCUT2D eigenvalue weighted by Crippen LogP contribution is 2.26. The van der Waals surface area contributed by atoms with Gasteiger partial charge in [0.1, 0.15) is 0 Å². The molecule has 0 radical (unpaired) electrons. The third kappa shape index (κ3) is 1.17. The Morgan fingerprint density at radius 1 is 1.17 bits per heavy atom. The van der Waals surface area contributed by atoms with E-state index in [2.05, 4.69) is 17.6 Å². The molecule has 12 heavy (non-hydrogen) atoms. The quantitative estimate of drug-likeness (QED) is 0.638. The fraction of sp³-hybridized carbons (Fsp3) is 0. The summed E-state index contributed by atoms with van der Waals surface area (Å²) in [7, 11) is 0. The van der Waals surface area contributed by atoms with Crippen LogP contribution in [0.3, 0.4) is 0 Å². The van der Waals surface area contributed by atoms with Crippen LogP contribution in [0.4, 0.5) is 0 Å². The van der Waals surface area contributed by atoms with E-state index in [1.165, 1.54) is 0 Å². The molecule has 2 aromatic rings. The minimum Gasteiger partial charge on any atom is -0.263 e. The molecule has 0 saturated heterocycles. The van der Waals surface area contributed by atoms with Gasteiger partial charge in [-0.25, -0.2) is 0 Å². The smallest absolute Gasteiger partial charge is 0.0500 e. The molecule has 1 aromatic carbocycles. The van der Waals surface area contributed by atoms with Gasteiger partial charge in [0.05, 0.1) is 0 Å². The third-order valence-corrected chi connectivity index (χ3v) is 2.42. The van der Waals surface area contributed by atoms with Gasteiger partial charge in [-0.1, -0.05) is 23.7 Å². The van der Waals surface area contributed by atoms with Crippen molar-refractivity contribution in [1.29, 1.82) is 0 Å². The first-order chi connectivity index (χ1) is 5.79. The summed E-state index contributed by atoms with van der Waals surface area (Å²) in [6.45, 7) is 0. The van der Waals surface area contributed by atoms with Gasteiger partial charge in [0.2, 0.25) is 0 Å². The molecule has 0 N–H and O–H groups in total. The summed E-state index contributed by atoms with van der Waals surface area (Å²) in [5, 5.41) is 2.71. The molecule has 2 rings (SSSR count). The summed E-state index contributed by atoms with van der Waals surface area (Å²) in [6, 6.07) is 5.73. The Balaban J connectivity index is 2.94. The van der Waals surface area contributed by atoms with Crippen molar-refractivity contribution in [1.82, 2.24) is 4.98 Å². The molecule has 0 unspecified atom stereocenters. The Bertz CT molecular complexity index is 387. The van der Waals surface area contributed by atoms with Crippen molar-refractivity contribution in [3.05, 3.63) is 35.6 Å². The van der Waals surface area contributed by atoms with Crippen LogP contribution in [0.2, 0.25) is 5.02 Å². The molecule has 3 heteroatoms. The molecule has 1 heterocycles. The minimum atomic E-state index is 0.718. The molecular formula is C9H6ClNS. The van der Waals surface area contributed by atoms with E-state index in [1.807, 2.05) is 18.2 Å². The van der Waals surface area contributed by atoms with Crippen LogP contribution in [0.15, 0.2) is 35.5 Å². The van der Waals surface area contributed by atoms with E-state index in [0.717, 1.165) is 20.7 Å². The molecule has 1 nitrogen and oxygen atoms in total. The maximum absolute atomic E-state index is 5.96. The second-order valence-corrected chi connectivity index (χ2v) is 3.38. The number of pyridine rings is 1. The molecule has 0 bridgehead atoms. The van der Waals surface area contributed by atoms with Gasteiger partial charge in [0.25, 0.3) is 0 Å². The first-order valence-electron chi connectivity index (χ1n) is 3.50. The van der Waals surface area contributed by atoms with Crippen molar-refractivity contribution >= 4 is 35.0 Å². The van der Waals surface area contributed by atoms with E-state index in [4.69, 9.17) is 11.6 Å². The Morgan fingerprint density at radius 3 is 2.75 bits per heavy atom. The highest BCUT2D eigenvalue weighted by Gasteiger charge is 1.99. The lowest BCUT2D eigenvalue weighted by Crippen LogP contribution is -1.78. The number of aromatic nitrogens is 1. The van der Waals surface area contributed by atoms with Gasteiger partial charge in [-0.3, -0.25) is 4.98 Å². The summed E-state index contributed by atoms with van der Waals surface area (Å²) in [5.41, 5.74) is 0. The summed E-state index contributed by atoms with van der Waals surface area (Å²) in [5.74, 6) is 0. The van der Waals surface area contributed by atoms with Gasteiger partial charge >= 0.3 is 0 Å². The maximum atomic E-state index is 5.96. The number of rotatable bonds is 0. The Labute approximate surface area is 80.8 Å². The summed E-state index contributed by atoms with van der Waals surface area (Å²) >= 11 is 10.2. The minimum absolute atomic E-state index is 0.718. The van der Waals surface area contributed by atoms with Crippen molar-refractivity contribution in [2.75, 3.05) is 0 Å². The number of fused-ring (bicyclic) bond motifs is 1. The van der Waals surface area contributed by atoms with Crippen LogP contribution in [-0.4, -0.2) is 4.98 Å². The lowest BCUT2D eigenvalue weighted by molar-refractivity contribution is 1.29. The second kappa shape index (κ2) is 2.96. The number of benzene rings is 1. The van der Waals surface area contributed by atoms with Crippen LogP contribution in [-0.2, 0) is 0 Å². The Kier molecular flexibility index (Phi) is 1.95. The zero-order valence-corrected chi connectivity index (χ0v) is 7.81. The van der Waals surface area contributed by atoms with E-state index >= 15 is 0 Å². The summed E-state index contributed by atoms with van der Waals surface area (Å²) < 4.78 is 0. The molecule has 0 saturated carbocycles. The SMILES string of the molecule is Sc1cncc2c(Cl)cccc12. The molecule has 0 aliphatic rings. The van der Waals surface area contributed by atoms with Crippen LogP contribution in [0, 0.1) is 0 Å². The molecule has 0 fully saturated rings. The number of hydrogen-bond donors (Lipinski definition) is 1. The van der Waals surface area contributed by atoms with Crippen molar-refractivity contribution in [3.8, 4) is 0 Å². The van der Waals surface area contributed by atoms with E-state index in [-0.39, 0.29) is 0 Å². The molecule has 0 atom stereocenters. The van der Waals surface area contributed by atoms with Crippen molar-refractivity contribution < 1.29 is 0 Å². The molecule has 0 spiro atoms. The zero-order chi connectivity index (χ0) is 8.55. The van der Waals surface area contributed by atoms with Crippen LogP contribution < -0.4 is 0 Å². The Morgan fingerprint density at radius 2 is 2.00 bits per heavy atom. The lowest BCUT2D eigenvalue weighted by Gasteiger charge is -2.00. The summed E-state index contributed by atoms with van der Waals surface area (Å²) in [4.78, 5) is 4.87. The van der Waals surface area contributed by atoms with Crippen LogP contribution in [0.25, 0.3) is 10.8 Å². The first-order valence-corrected chi connectivity index (χ1v) is 4.33. The lowest BCUT2D eigenvalue weighted by atomic mass is 10.2. The second-order valence-electron chi connectivity index (χ2n) is 2.49. The van der Waals surface area contributed by atoms with Crippen molar-refractivity contribution in [2.45, 2.75) is 4.90 Å². The van der Waals surface area contributed by atoms with E-state index in [9.17, 15) is 0 Å². The molecular weight excluding hydrogens is 190 g/mol. The number of halogens is 1. The largest absolute Gasteiger partial charge is 0.263 e. The number of nitrogens with zero attached hydrogens (tertiary/aromatic N) is 1. The maximum Gasteiger partial charge on any atom is 0.0500 e. The highest BCUT2D eigenvalue weighted by atomic mass is 35.5. The van der Waals surface area contributed by atoms with Gasteiger partial charge in [-0.05, 0) is 11.5 Å². The third-order valence-electron chi connectivity index (χ3n) is 1.73. The van der Waals surface area contributed by atoms with Gasteiger partial charge in [-0.2, -0.15) is 0 Å². The fourth-order valence-corrected chi connectivity index (χ4v) is 1.63. The highest BCUT2D eigenvalue weighted by molar-refractivity contribution is 7.80. The monoisotopic (exact) mass is 195 g/mol. The van der Waals surface area contributed by atoms with Gasteiger partial charge in [-0.15, -0.1) is 12.6 Å². The first kappa shape index (κ1) is 7.90. The molecule has 1 aromatic heterocycles. The summed E-state index contributed by atoms with van der Waals surface area (Å²) in [6.07, 6.45) is 3.46. The van der Waals surface area contributed by atoms with Crippen molar-refractivity contribution in [2.24, 2.45) is 0 Å². The number of hydrogen-bond acceptors (Lipinski definition) is 2. The average molecular weight is 196 g/mol. The van der Waals surface area contributed by atoms with Crippen LogP contribution >= 0.6 is 24.2 Å². The predicted octanol–water partition coefficient (Wildman–Crippen LogP) is 3.18. The van der Waals surface area contributed by atoms with E-state index in [1.54, 1.807) is 12.4 Å². The van der Waals surface area contributed by atoms with Crippen LogP contribution in [0.5, 0.6) is 0 Å². The Hall–Kier alpha value is -0.730. The molecule has 0 aliphatic carbocycles. The topological polar surface area (TPSA) is 12.9 Å². The zero-order valence-electron chi connectivity index (χ0n) is 6.16.